The summed E-state index contributed by atoms with van der Waals surface area (Å²) in [4.78, 5) is 8.84. The quantitative estimate of drug-likeness (QED) is 0.861. The first kappa shape index (κ1) is 14.9. The molecule has 1 saturated heterocycles. The van der Waals surface area contributed by atoms with Crippen LogP contribution in [0.15, 0.2) is 36.7 Å². The maximum Gasteiger partial charge on any atom is 0.145 e. The molecule has 1 aliphatic heterocycles. The lowest BCUT2D eigenvalue weighted by Crippen LogP contribution is -2.21. The molecule has 2 heterocycles. The third-order valence-corrected chi connectivity index (χ3v) is 3.98. The Labute approximate surface area is 130 Å². The lowest BCUT2D eigenvalue weighted by molar-refractivity contribution is 0.555. The molecular weight excluding hydrogens is 279 g/mol. The van der Waals surface area contributed by atoms with Crippen LogP contribution in [0.1, 0.15) is 30.5 Å². The normalized spacial score (nSPS) is 17.6. The van der Waals surface area contributed by atoms with Crippen LogP contribution in [0.25, 0.3) is 0 Å². The minimum Gasteiger partial charge on any atom is -0.365 e. The van der Waals surface area contributed by atoms with Crippen LogP contribution >= 0.6 is 0 Å². The van der Waals surface area contributed by atoms with E-state index in [-0.39, 0.29) is 5.82 Å². The predicted octanol–water partition coefficient (Wildman–Crippen LogP) is 2.91. The predicted molar refractivity (Wildman–Crippen MR) is 85.1 cm³/mol. The molecule has 22 heavy (non-hydrogen) atoms. The molecule has 0 radical (unpaired) electrons. The summed E-state index contributed by atoms with van der Waals surface area (Å²) in [5.74, 6) is 0.548. The smallest absolute Gasteiger partial charge is 0.145 e. The molecule has 0 aliphatic carbocycles. The lowest BCUT2D eigenvalue weighted by atomic mass is 10.1. The molecule has 0 saturated carbocycles. The van der Waals surface area contributed by atoms with Gasteiger partial charge in [-0.15, -0.1) is 0 Å². The average Bonchev–Trinajstić information content (AvgIpc) is 3.06. The van der Waals surface area contributed by atoms with Crippen molar-refractivity contribution >= 4 is 5.82 Å². The van der Waals surface area contributed by atoms with Gasteiger partial charge in [-0.1, -0.05) is 12.1 Å². The number of hydrogen-bond donors (Lipinski definition) is 2. The minimum absolute atomic E-state index is 0.217. The Hall–Kier alpha value is -2.01. The van der Waals surface area contributed by atoms with Crippen LogP contribution < -0.4 is 10.6 Å². The van der Waals surface area contributed by atoms with E-state index in [4.69, 9.17) is 0 Å². The zero-order valence-electron chi connectivity index (χ0n) is 12.6. The van der Waals surface area contributed by atoms with E-state index < -0.39 is 0 Å². The van der Waals surface area contributed by atoms with E-state index in [1.165, 1.54) is 25.0 Å². The lowest BCUT2D eigenvalue weighted by Gasteiger charge is -2.10. The van der Waals surface area contributed by atoms with Crippen LogP contribution in [-0.2, 0) is 13.0 Å². The molecule has 0 amide bonds. The fraction of sp³-hybridized carbons (Fsp3) is 0.412. The van der Waals surface area contributed by atoms with E-state index in [2.05, 4.69) is 20.6 Å². The molecule has 2 aromatic rings. The number of benzene rings is 1. The summed E-state index contributed by atoms with van der Waals surface area (Å²) >= 11 is 0. The highest BCUT2D eigenvalue weighted by atomic mass is 19.1. The Morgan fingerprint density at radius 3 is 2.86 bits per heavy atom. The Morgan fingerprint density at radius 1 is 1.23 bits per heavy atom. The van der Waals surface area contributed by atoms with Crippen molar-refractivity contribution in [1.29, 1.82) is 0 Å². The van der Waals surface area contributed by atoms with Gasteiger partial charge >= 0.3 is 0 Å². The van der Waals surface area contributed by atoms with Gasteiger partial charge in [-0.3, -0.25) is 4.98 Å². The molecule has 3 rings (SSSR count). The van der Waals surface area contributed by atoms with E-state index in [9.17, 15) is 4.39 Å². The molecule has 0 unspecified atom stereocenters. The van der Waals surface area contributed by atoms with E-state index in [0.717, 1.165) is 36.5 Å². The number of halogens is 1. The summed E-state index contributed by atoms with van der Waals surface area (Å²) in [5.41, 5.74) is 2.03. The van der Waals surface area contributed by atoms with E-state index >= 15 is 0 Å². The summed E-state index contributed by atoms with van der Waals surface area (Å²) in [6.45, 7) is 1.75. The summed E-state index contributed by atoms with van der Waals surface area (Å²) in [6, 6.07) is 7.09. The Balaban J connectivity index is 1.52. The molecule has 4 nitrogen and oxygen atoms in total. The number of nitrogens with one attached hydrogen (secondary N) is 2. The van der Waals surface area contributed by atoms with Gasteiger partial charge in [0.2, 0.25) is 0 Å². The van der Waals surface area contributed by atoms with Gasteiger partial charge in [-0.05, 0) is 49.9 Å². The fourth-order valence-electron chi connectivity index (χ4n) is 2.73. The molecule has 1 fully saturated rings. The van der Waals surface area contributed by atoms with Crippen LogP contribution in [0.5, 0.6) is 0 Å². The molecule has 5 heteroatoms. The van der Waals surface area contributed by atoms with Crippen molar-refractivity contribution in [3.63, 3.8) is 0 Å². The highest BCUT2D eigenvalue weighted by molar-refractivity contribution is 5.33. The number of aromatic nitrogens is 2. The van der Waals surface area contributed by atoms with Crippen LogP contribution in [0.2, 0.25) is 0 Å². The van der Waals surface area contributed by atoms with Gasteiger partial charge in [-0.2, -0.15) is 0 Å². The van der Waals surface area contributed by atoms with Crippen molar-refractivity contribution in [2.45, 2.75) is 38.3 Å². The third kappa shape index (κ3) is 4.24. The van der Waals surface area contributed by atoms with Crippen LogP contribution in [-0.4, -0.2) is 22.6 Å². The summed E-state index contributed by atoms with van der Waals surface area (Å²) < 4.78 is 12.9. The minimum atomic E-state index is -0.217. The van der Waals surface area contributed by atoms with Crippen molar-refractivity contribution in [1.82, 2.24) is 15.3 Å². The van der Waals surface area contributed by atoms with Crippen molar-refractivity contribution in [3.8, 4) is 0 Å². The Bertz CT molecular complexity index is 594. The number of hydrogen-bond acceptors (Lipinski definition) is 4. The van der Waals surface area contributed by atoms with Gasteiger partial charge in [0.1, 0.15) is 11.6 Å². The number of aryl methyl sites for hydroxylation is 1. The zero-order chi connectivity index (χ0) is 15.2. The van der Waals surface area contributed by atoms with Gasteiger partial charge in [0, 0.05) is 18.8 Å². The molecule has 0 bridgehead atoms. The van der Waals surface area contributed by atoms with Crippen molar-refractivity contribution in [2.75, 3.05) is 11.9 Å². The molecule has 1 atom stereocenters. The average molecular weight is 300 g/mol. The number of anilines is 1. The second-order valence-corrected chi connectivity index (χ2v) is 5.71. The van der Waals surface area contributed by atoms with Crippen molar-refractivity contribution in [3.05, 3.63) is 53.7 Å². The van der Waals surface area contributed by atoms with Crippen molar-refractivity contribution < 1.29 is 4.39 Å². The third-order valence-electron chi connectivity index (χ3n) is 3.98. The topological polar surface area (TPSA) is 49.8 Å². The second kappa shape index (κ2) is 7.31. The first-order valence-corrected chi connectivity index (χ1v) is 7.82. The van der Waals surface area contributed by atoms with Gasteiger partial charge in [-0.25, -0.2) is 9.37 Å². The molecule has 2 N–H and O–H groups in total. The highest BCUT2D eigenvalue weighted by Gasteiger charge is 2.13. The largest absolute Gasteiger partial charge is 0.365 e. The standard InChI is InChI=1S/C17H21FN4/c18-14-5-3-13(4-6-14)10-21-17-12-19-11-16(22-17)8-7-15-2-1-9-20-15/h3-6,11-12,15,20H,1-2,7-10H2,(H,21,22)/t15-/m0/s1. The molecule has 0 spiro atoms. The maximum absolute atomic E-state index is 12.9. The Morgan fingerprint density at radius 2 is 2.09 bits per heavy atom. The monoisotopic (exact) mass is 300 g/mol. The Kier molecular flexibility index (Phi) is 4.96. The molecule has 1 aliphatic rings. The summed E-state index contributed by atoms with van der Waals surface area (Å²) in [6.07, 6.45) is 8.14. The van der Waals surface area contributed by atoms with Gasteiger partial charge in [0.15, 0.2) is 0 Å². The number of rotatable bonds is 6. The SMILES string of the molecule is Fc1ccc(CNc2cncc(CC[C@@H]3CCCN3)n2)cc1. The molecule has 1 aromatic carbocycles. The molecular formula is C17H21FN4. The maximum atomic E-state index is 12.9. The fourth-order valence-corrected chi connectivity index (χ4v) is 2.73. The van der Waals surface area contributed by atoms with Crippen LogP contribution in [0, 0.1) is 5.82 Å². The zero-order valence-corrected chi connectivity index (χ0v) is 12.6. The first-order valence-electron chi connectivity index (χ1n) is 7.82. The van der Waals surface area contributed by atoms with E-state index in [1.54, 1.807) is 18.3 Å². The molecule has 116 valence electrons. The first-order chi connectivity index (χ1) is 10.8. The summed E-state index contributed by atoms with van der Waals surface area (Å²) in [7, 11) is 0. The van der Waals surface area contributed by atoms with Crippen molar-refractivity contribution in [2.24, 2.45) is 0 Å². The second-order valence-electron chi connectivity index (χ2n) is 5.71. The van der Waals surface area contributed by atoms with E-state index in [1.807, 2.05) is 6.20 Å². The van der Waals surface area contributed by atoms with Gasteiger partial charge < -0.3 is 10.6 Å². The number of nitrogens with zero attached hydrogens (tertiary/aromatic N) is 2. The van der Waals surface area contributed by atoms with Crippen LogP contribution in [0.4, 0.5) is 10.2 Å². The summed E-state index contributed by atoms with van der Waals surface area (Å²) in [5, 5.41) is 6.74. The van der Waals surface area contributed by atoms with Crippen LogP contribution in [0.3, 0.4) is 0 Å². The highest BCUT2D eigenvalue weighted by Crippen LogP contribution is 2.13. The van der Waals surface area contributed by atoms with E-state index in [0.29, 0.717) is 12.6 Å². The van der Waals surface area contributed by atoms with Gasteiger partial charge in [0.05, 0.1) is 11.9 Å². The molecule has 1 aromatic heterocycles. The van der Waals surface area contributed by atoms with Gasteiger partial charge in [0.25, 0.3) is 0 Å².